The highest BCUT2D eigenvalue weighted by Crippen LogP contribution is 2.41. The highest BCUT2D eigenvalue weighted by atomic mass is 32.1. The van der Waals surface area contributed by atoms with Gasteiger partial charge in [0.05, 0.1) is 11.7 Å². The summed E-state index contributed by atoms with van der Waals surface area (Å²) in [4.78, 5) is 24.4. The van der Waals surface area contributed by atoms with Gasteiger partial charge >= 0.3 is 0 Å². The maximum absolute atomic E-state index is 12.4. The second-order valence-corrected chi connectivity index (χ2v) is 7.79. The number of hydrogen-bond donors (Lipinski definition) is 0. The van der Waals surface area contributed by atoms with Crippen molar-refractivity contribution < 1.29 is 4.52 Å². The molecule has 0 aromatic carbocycles. The molecule has 1 aliphatic heterocycles. The fourth-order valence-electron chi connectivity index (χ4n) is 3.40. The van der Waals surface area contributed by atoms with Crippen molar-refractivity contribution >= 4 is 16.3 Å². The molecule has 130 valence electrons. The second kappa shape index (κ2) is 5.70. The van der Waals surface area contributed by atoms with E-state index in [9.17, 15) is 4.79 Å². The predicted molar refractivity (Wildman–Crippen MR) is 90.5 cm³/mol. The van der Waals surface area contributed by atoms with E-state index in [-0.39, 0.29) is 11.6 Å². The minimum absolute atomic E-state index is 0.102. The number of rotatable bonds is 4. The SMILES string of the molecule is Cc1noc([C@@H]2CCCN2Cc2cc(=O)n3nc(C4CC4)sc3n2)n1. The fourth-order valence-corrected chi connectivity index (χ4v) is 4.49. The van der Waals surface area contributed by atoms with Gasteiger partial charge in [-0.3, -0.25) is 9.69 Å². The minimum Gasteiger partial charge on any atom is -0.338 e. The molecule has 2 aliphatic rings. The molecule has 3 aromatic heterocycles. The van der Waals surface area contributed by atoms with Crippen LogP contribution < -0.4 is 5.56 Å². The van der Waals surface area contributed by atoms with Gasteiger partial charge < -0.3 is 4.52 Å². The van der Waals surface area contributed by atoms with Crippen molar-refractivity contribution in [2.24, 2.45) is 0 Å². The largest absolute Gasteiger partial charge is 0.338 e. The van der Waals surface area contributed by atoms with Gasteiger partial charge in [0.25, 0.3) is 5.56 Å². The molecule has 4 heterocycles. The summed E-state index contributed by atoms with van der Waals surface area (Å²) in [6.07, 6.45) is 4.38. The number of likely N-dealkylation sites (tertiary alicyclic amines) is 1. The van der Waals surface area contributed by atoms with E-state index in [1.165, 1.54) is 28.7 Å². The molecule has 1 saturated carbocycles. The van der Waals surface area contributed by atoms with Crippen LogP contribution in [0.2, 0.25) is 0 Å². The summed E-state index contributed by atoms with van der Waals surface area (Å²) in [7, 11) is 0. The van der Waals surface area contributed by atoms with Crippen molar-refractivity contribution in [1.29, 1.82) is 0 Å². The summed E-state index contributed by atoms with van der Waals surface area (Å²) in [6.45, 7) is 3.36. The van der Waals surface area contributed by atoms with Crippen LogP contribution in [0.5, 0.6) is 0 Å². The summed E-state index contributed by atoms with van der Waals surface area (Å²) in [5.41, 5.74) is 0.673. The maximum Gasteiger partial charge on any atom is 0.275 e. The molecule has 1 aliphatic carbocycles. The van der Waals surface area contributed by atoms with Crippen LogP contribution in [0.25, 0.3) is 4.96 Å². The van der Waals surface area contributed by atoms with E-state index >= 15 is 0 Å². The Labute approximate surface area is 147 Å². The van der Waals surface area contributed by atoms with Crippen LogP contribution in [0.3, 0.4) is 0 Å². The van der Waals surface area contributed by atoms with E-state index in [0.29, 0.717) is 29.1 Å². The maximum atomic E-state index is 12.4. The summed E-state index contributed by atoms with van der Waals surface area (Å²) in [5.74, 6) is 1.83. The Morgan fingerprint density at radius 2 is 2.20 bits per heavy atom. The van der Waals surface area contributed by atoms with Gasteiger partial charge in [-0.05, 0) is 39.2 Å². The number of hydrogen-bond acceptors (Lipinski definition) is 8. The van der Waals surface area contributed by atoms with Crippen molar-refractivity contribution in [3.05, 3.63) is 38.8 Å². The zero-order chi connectivity index (χ0) is 17.0. The number of nitrogens with zero attached hydrogens (tertiary/aromatic N) is 6. The third-order valence-electron chi connectivity index (χ3n) is 4.80. The Balaban J connectivity index is 1.43. The molecule has 5 rings (SSSR count). The number of aromatic nitrogens is 5. The van der Waals surface area contributed by atoms with Crippen molar-refractivity contribution in [3.63, 3.8) is 0 Å². The van der Waals surface area contributed by atoms with Crippen molar-refractivity contribution in [2.75, 3.05) is 6.54 Å². The van der Waals surface area contributed by atoms with E-state index in [0.717, 1.165) is 30.1 Å². The lowest BCUT2D eigenvalue weighted by Crippen LogP contribution is -2.25. The quantitative estimate of drug-likeness (QED) is 0.705. The predicted octanol–water partition coefficient (Wildman–Crippen LogP) is 2.06. The molecule has 8 nitrogen and oxygen atoms in total. The highest BCUT2D eigenvalue weighted by molar-refractivity contribution is 7.16. The van der Waals surface area contributed by atoms with Gasteiger partial charge in [0.1, 0.15) is 5.01 Å². The van der Waals surface area contributed by atoms with Gasteiger partial charge in [0.15, 0.2) is 5.82 Å². The highest BCUT2D eigenvalue weighted by Gasteiger charge is 2.31. The number of fused-ring (bicyclic) bond motifs is 1. The summed E-state index contributed by atoms with van der Waals surface area (Å²) >= 11 is 1.54. The van der Waals surface area contributed by atoms with Crippen molar-refractivity contribution in [2.45, 2.75) is 51.1 Å². The van der Waals surface area contributed by atoms with E-state index in [2.05, 4.69) is 25.1 Å². The van der Waals surface area contributed by atoms with E-state index in [1.807, 2.05) is 6.92 Å². The van der Waals surface area contributed by atoms with Crippen LogP contribution in [0.1, 0.15) is 60.1 Å². The molecular formula is C16H18N6O2S. The van der Waals surface area contributed by atoms with E-state index < -0.39 is 0 Å². The van der Waals surface area contributed by atoms with Crippen LogP contribution in [-0.4, -0.2) is 36.2 Å². The van der Waals surface area contributed by atoms with Crippen LogP contribution >= 0.6 is 11.3 Å². The van der Waals surface area contributed by atoms with Crippen LogP contribution in [0, 0.1) is 6.92 Å². The van der Waals surface area contributed by atoms with Gasteiger partial charge in [-0.25, -0.2) is 4.98 Å². The lowest BCUT2D eigenvalue weighted by atomic mass is 10.2. The Hall–Kier alpha value is -2.13. The molecule has 2 fully saturated rings. The molecule has 1 atom stereocenters. The third kappa shape index (κ3) is 2.77. The molecule has 0 spiro atoms. The molecule has 25 heavy (non-hydrogen) atoms. The van der Waals surface area contributed by atoms with Crippen LogP contribution in [0.4, 0.5) is 0 Å². The van der Waals surface area contributed by atoms with Gasteiger partial charge in [0, 0.05) is 18.5 Å². The smallest absolute Gasteiger partial charge is 0.275 e. The molecule has 0 unspecified atom stereocenters. The Morgan fingerprint density at radius 1 is 1.32 bits per heavy atom. The molecule has 1 saturated heterocycles. The van der Waals surface area contributed by atoms with E-state index in [1.54, 1.807) is 6.07 Å². The van der Waals surface area contributed by atoms with E-state index in [4.69, 9.17) is 4.52 Å². The third-order valence-corrected chi connectivity index (χ3v) is 5.87. The molecule has 3 aromatic rings. The molecule has 0 N–H and O–H groups in total. The minimum atomic E-state index is -0.104. The zero-order valence-electron chi connectivity index (χ0n) is 13.9. The van der Waals surface area contributed by atoms with Gasteiger partial charge in [0.2, 0.25) is 10.9 Å². The first kappa shape index (κ1) is 15.2. The second-order valence-electron chi connectivity index (χ2n) is 6.80. The van der Waals surface area contributed by atoms with Gasteiger partial charge in [-0.15, -0.1) is 0 Å². The fraction of sp³-hybridized carbons (Fsp3) is 0.562. The molecule has 9 heteroatoms. The summed E-state index contributed by atoms with van der Waals surface area (Å²) in [5, 5.41) is 9.35. The van der Waals surface area contributed by atoms with Crippen LogP contribution in [-0.2, 0) is 6.54 Å². The average Bonchev–Trinajstić information content (AvgIpc) is 2.98. The lowest BCUT2D eigenvalue weighted by Gasteiger charge is -2.20. The molecular weight excluding hydrogens is 340 g/mol. The normalized spacial score (nSPS) is 21.4. The van der Waals surface area contributed by atoms with Crippen molar-refractivity contribution in [1.82, 2.24) is 29.6 Å². The Kier molecular flexibility index (Phi) is 3.46. The summed E-state index contributed by atoms with van der Waals surface area (Å²) in [6, 6.07) is 1.70. The molecule has 0 radical (unpaired) electrons. The van der Waals surface area contributed by atoms with Crippen LogP contribution in [0.15, 0.2) is 15.4 Å². The molecule has 0 amide bonds. The van der Waals surface area contributed by atoms with Crippen molar-refractivity contribution in [3.8, 4) is 0 Å². The lowest BCUT2D eigenvalue weighted by molar-refractivity contribution is 0.199. The Bertz CT molecular complexity index is 988. The first-order chi connectivity index (χ1) is 12.2. The topological polar surface area (TPSA) is 89.4 Å². The summed E-state index contributed by atoms with van der Waals surface area (Å²) < 4.78 is 6.78. The van der Waals surface area contributed by atoms with Gasteiger partial charge in [-0.2, -0.15) is 14.6 Å². The number of aryl methyl sites for hydroxylation is 1. The first-order valence-electron chi connectivity index (χ1n) is 8.61. The molecule has 0 bridgehead atoms. The van der Waals surface area contributed by atoms with Gasteiger partial charge in [-0.1, -0.05) is 16.5 Å². The zero-order valence-corrected chi connectivity index (χ0v) is 14.7. The monoisotopic (exact) mass is 358 g/mol. The average molecular weight is 358 g/mol. The standard InChI is InChI=1S/C16H18N6O2S/c1-9-17-14(24-20-9)12-3-2-6-21(12)8-11-7-13(23)22-16(18-11)25-15(19-22)10-4-5-10/h7,10,12H,2-6,8H2,1H3/t12-/m0/s1. The first-order valence-corrected chi connectivity index (χ1v) is 9.43. The Morgan fingerprint density at radius 3 is 2.96 bits per heavy atom.